The molecule has 5 nitrogen and oxygen atoms in total. The van der Waals surface area contributed by atoms with E-state index in [2.05, 4.69) is 0 Å². The molecule has 2 aromatic carbocycles. The van der Waals surface area contributed by atoms with Gasteiger partial charge in [-0.2, -0.15) is 0 Å². The number of rotatable bonds is 4. The molecule has 1 fully saturated rings. The lowest BCUT2D eigenvalue weighted by molar-refractivity contribution is -0.140. The number of carbonyl (C=O) groups is 2. The maximum absolute atomic E-state index is 13.1. The van der Waals surface area contributed by atoms with Crippen molar-refractivity contribution in [1.82, 2.24) is 4.90 Å². The topological polar surface area (TPSA) is 70.8 Å². The average Bonchev–Trinajstić information content (AvgIpc) is 3.32. The van der Waals surface area contributed by atoms with Crippen molar-refractivity contribution in [2.45, 2.75) is 33.4 Å². The maximum Gasteiger partial charge on any atom is 0.296 e. The highest BCUT2D eigenvalue weighted by molar-refractivity contribution is 6.46. The zero-order valence-corrected chi connectivity index (χ0v) is 17.2. The summed E-state index contributed by atoms with van der Waals surface area (Å²) in [5.41, 5.74) is 4.43. The Bertz CT molecular complexity index is 1160. The Balaban J connectivity index is 1.90. The van der Waals surface area contributed by atoms with Crippen molar-refractivity contribution in [3.63, 3.8) is 0 Å². The summed E-state index contributed by atoms with van der Waals surface area (Å²) in [7, 11) is 0. The molecule has 1 atom stereocenters. The SMILES string of the molecule is Cc1ccc(/C(O)=C2\C(=O)C(=O)N(Cc3ccco3)C2c2ccccc2C)cc1C. The van der Waals surface area contributed by atoms with E-state index in [1.54, 1.807) is 18.2 Å². The van der Waals surface area contributed by atoms with Crippen molar-refractivity contribution in [1.29, 1.82) is 0 Å². The van der Waals surface area contributed by atoms with Crippen LogP contribution in [0.3, 0.4) is 0 Å². The minimum Gasteiger partial charge on any atom is -0.507 e. The van der Waals surface area contributed by atoms with E-state index in [0.717, 1.165) is 22.3 Å². The van der Waals surface area contributed by atoms with Crippen LogP contribution in [0.2, 0.25) is 0 Å². The third kappa shape index (κ3) is 3.32. The Morgan fingerprint density at radius 2 is 1.73 bits per heavy atom. The highest BCUT2D eigenvalue weighted by atomic mass is 16.3. The number of nitrogens with zero attached hydrogens (tertiary/aromatic N) is 1. The van der Waals surface area contributed by atoms with Gasteiger partial charge in [0.2, 0.25) is 0 Å². The highest BCUT2D eigenvalue weighted by Crippen LogP contribution is 2.41. The van der Waals surface area contributed by atoms with Crippen LogP contribution >= 0.6 is 0 Å². The molecule has 1 N–H and O–H groups in total. The fraction of sp³-hybridized carbons (Fsp3) is 0.200. The molecule has 0 saturated carbocycles. The van der Waals surface area contributed by atoms with Crippen molar-refractivity contribution in [2.75, 3.05) is 0 Å². The summed E-state index contributed by atoms with van der Waals surface area (Å²) in [6.07, 6.45) is 1.53. The average molecular weight is 401 g/mol. The van der Waals surface area contributed by atoms with Gasteiger partial charge in [-0.3, -0.25) is 9.59 Å². The number of hydrogen-bond donors (Lipinski definition) is 1. The predicted octanol–water partition coefficient (Wildman–Crippen LogP) is 4.83. The number of aliphatic hydroxyl groups excluding tert-OH is 1. The van der Waals surface area contributed by atoms with Crippen molar-refractivity contribution < 1.29 is 19.1 Å². The zero-order valence-electron chi connectivity index (χ0n) is 17.2. The minimum atomic E-state index is -0.696. The molecule has 1 aliphatic rings. The predicted molar refractivity (Wildman–Crippen MR) is 114 cm³/mol. The van der Waals surface area contributed by atoms with Crippen LogP contribution in [0.1, 0.15) is 39.6 Å². The van der Waals surface area contributed by atoms with Gasteiger partial charge in [0, 0.05) is 5.56 Å². The number of amides is 1. The molecule has 152 valence electrons. The Morgan fingerprint density at radius 3 is 2.40 bits per heavy atom. The Hall–Kier alpha value is -3.60. The lowest BCUT2D eigenvalue weighted by atomic mass is 9.92. The zero-order chi connectivity index (χ0) is 21.4. The third-order valence-electron chi connectivity index (χ3n) is 5.71. The number of furan rings is 1. The van der Waals surface area contributed by atoms with Gasteiger partial charge in [0.1, 0.15) is 11.5 Å². The number of carbonyl (C=O) groups excluding carboxylic acids is 2. The Kier molecular flexibility index (Phi) is 5.04. The van der Waals surface area contributed by atoms with Gasteiger partial charge in [-0.15, -0.1) is 0 Å². The summed E-state index contributed by atoms with van der Waals surface area (Å²) in [5, 5.41) is 11.1. The van der Waals surface area contributed by atoms with Crippen molar-refractivity contribution in [3.05, 3.63) is 100 Å². The second-order valence-electron chi connectivity index (χ2n) is 7.66. The quantitative estimate of drug-likeness (QED) is 0.386. The van der Waals surface area contributed by atoms with E-state index in [4.69, 9.17) is 4.42 Å². The van der Waals surface area contributed by atoms with Crippen LogP contribution in [0.25, 0.3) is 5.76 Å². The van der Waals surface area contributed by atoms with Crippen LogP contribution in [-0.2, 0) is 16.1 Å². The van der Waals surface area contributed by atoms with E-state index >= 15 is 0 Å². The van der Waals surface area contributed by atoms with E-state index < -0.39 is 17.7 Å². The van der Waals surface area contributed by atoms with Gasteiger partial charge in [0.15, 0.2) is 0 Å². The lowest BCUT2D eigenvalue weighted by Crippen LogP contribution is -2.29. The molecule has 4 rings (SSSR count). The summed E-state index contributed by atoms with van der Waals surface area (Å²) >= 11 is 0. The Labute approximate surface area is 175 Å². The summed E-state index contributed by atoms with van der Waals surface area (Å²) in [6, 6.07) is 15.9. The van der Waals surface area contributed by atoms with Crippen LogP contribution in [0.5, 0.6) is 0 Å². The molecule has 0 aliphatic carbocycles. The molecule has 3 aromatic rings. The van der Waals surface area contributed by atoms with E-state index in [9.17, 15) is 14.7 Å². The molecular weight excluding hydrogens is 378 g/mol. The normalized spacial score (nSPS) is 18.2. The van der Waals surface area contributed by atoms with Gasteiger partial charge in [-0.05, 0) is 61.2 Å². The van der Waals surface area contributed by atoms with Crippen LogP contribution in [0.4, 0.5) is 0 Å². The maximum atomic E-state index is 13.1. The number of benzene rings is 2. The smallest absolute Gasteiger partial charge is 0.296 e. The first kappa shape index (κ1) is 19.7. The van der Waals surface area contributed by atoms with E-state index in [1.807, 2.05) is 57.2 Å². The molecule has 1 unspecified atom stereocenters. The monoisotopic (exact) mass is 401 g/mol. The number of likely N-dealkylation sites (tertiary alicyclic amines) is 1. The molecular formula is C25H23NO4. The van der Waals surface area contributed by atoms with Crippen LogP contribution < -0.4 is 0 Å². The molecule has 0 bridgehead atoms. The number of Topliss-reactive ketones (excluding diaryl/α,β-unsaturated/α-hetero) is 1. The molecule has 0 spiro atoms. The van der Waals surface area contributed by atoms with Crippen molar-refractivity contribution in [3.8, 4) is 0 Å². The third-order valence-corrected chi connectivity index (χ3v) is 5.71. The largest absolute Gasteiger partial charge is 0.507 e. The first-order valence-electron chi connectivity index (χ1n) is 9.82. The summed E-state index contributed by atoms with van der Waals surface area (Å²) in [6.45, 7) is 5.99. The minimum absolute atomic E-state index is 0.101. The van der Waals surface area contributed by atoms with E-state index in [-0.39, 0.29) is 17.9 Å². The van der Waals surface area contributed by atoms with Crippen molar-refractivity contribution in [2.24, 2.45) is 0 Å². The second-order valence-corrected chi connectivity index (χ2v) is 7.66. The van der Waals surface area contributed by atoms with Gasteiger partial charge in [-0.25, -0.2) is 0 Å². The van der Waals surface area contributed by atoms with Gasteiger partial charge < -0.3 is 14.4 Å². The fourth-order valence-electron chi connectivity index (χ4n) is 3.87. The number of aliphatic hydroxyl groups is 1. The highest BCUT2D eigenvalue weighted by Gasteiger charge is 2.46. The number of hydrogen-bond acceptors (Lipinski definition) is 4. The standard InChI is InChI=1S/C25H23NO4/c1-15-10-11-18(13-17(15)3)23(27)21-22(20-9-5-4-7-16(20)2)26(25(29)24(21)28)14-19-8-6-12-30-19/h4-13,22,27H,14H2,1-3H3/b23-21+. The molecule has 1 aliphatic heterocycles. The first-order valence-corrected chi connectivity index (χ1v) is 9.82. The van der Waals surface area contributed by atoms with Gasteiger partial charge >= 0.3 is 0 Å². The number of aryl methyl sites for hydroxylation is 3. The molecule has 0 radical (unpaired) electrons. The fourth-order valence-corrected chi connectivity index (χ4v) is 3.87. The summed E-state index contributed by atoms with van der Waals surface area (Å²) in [4.78, 5) is 27.5. The summed E-state index contributed by atoms with van der Waals surface area (Å²) in [5.74, 6) is -0.927. The molecule has 1 amide bonds. The van der Waals surface area contributed by atoms with Crippen molar-refractivity contribution >= 4 is 17.4 Å². The summed E-state index contributed by atoms with van der Waals surface area (Å²) < 4.78 is 5.42. The Morgan fingerprint density at radius 1 is 0.967 bits per heavy atom. The molecule has 2 heterocycles. The molecule has 1 aromatic heterocycles. The molecule has 30 heavy (non-hydrogen) atoms. The molecule has 5 heteroatoms. The van der Waals surface area contributed by atoms with Crippen LogP contribution in [0.15, 0.2) is 70.9 Å². The van der Waals surface area contributed by atoms with E-state index in [1.165, 1.54) is 11.2 Å². The lowest BCUT2D eigenvalue weighted by Gasteiger charge is -2.25. The first-order chi connectivity index (χ1) is 14.4. The van der Waals surface area contributed by atoms with Crippen LogP contribution in [-0.4, -0.2) is 21.7 Å². The van der Waals surface area contributed by atoms with Gasteiger partial charge in [0.05, 0.1) is 24.4 Å². The van der Waals surface area contributed by atoms with E-state index in [0.29, 0.717) is 11.3 Å². The van der Waals surface area contributed by atoms with Crippen LogP contribution in [0, 0.1) is 20.8 Å². The number of ketones is 1. The van der Waals surface area contributed by atoms with Gasteiger partial charge in [0.25, 0.3) is 11.7 Å². The second kappa shape index (κ2) is 7.67. The molecule has 1 saturated heterocycles. The van der Waals surface area contributed by atoms with Gasteiger partial charge in [-0.1, -0.05) is 36.4 Å².